The number of nitrogens with one attached hydrogen (secondary N) is 1. The molecule has 1 aliphatic heterocycles. The number of alkyl halides is 1. The number of halogens is 1. The number of aryl methyl sites for hydroxylation is 1. The van der Waals surface area contributed by atoms with Crippen molar-refractivity contribution in [2.75, 3.05) is 17.8 Å². The molecular weight excluding hydrogens is 274 g/mol. The second kappa shape index (κ2) is 8.28. The van der Waals surface area contributed by atoms with E-state index in [1.165, 1.54) is 5.56 Å². The molecule has 1 fully saturated rings. The Morgan fingerprint density at radius 3 is 3.10 bits per heavy atom. The van der Waals surface area contributed by atoms with Gasteiger partial charge in [-0.3, -0.25) is 4.79 Å². The molecule has 0 aliphatic carbocycles. The number of hydrogen-bond donors (Lipinski definition) is 1. The highest BCUT2D eigenvalue weighted by atomic mass is 35.5. The van der Waals surface area contributed by atoms with Gasteiger partial charge in [0.15, 0.2) is 0 Å². The Morgan fingerprint density at radius 1 is 1.45 bits per heavy atom. The van der Waals surface area contributed by atoms with Gasteiger partial charge in [-0.05, 0) is 49.8 Å². The third-order valence-electron chi connectivity index (χ3n) is 3.53. The van der Waals surface area contributed by atoms with Crippen molar-refractivity contribution in [3.05, 3.63) is 29.8 Å². The highest BCUT2D eigenvalue weighted by Crippen LogP contribution is 2.18. The van der Waals surface area contributed by atoms with Crippen molar-refractivity contribution in [3.63, 3.8) is 0 Å². The molecule has 1 unspecified atom stereocenters. The van der Waals surface area contributed by atoms with Crippen molar-refractivity contribution >= 4 is 23.2 Å². The van der Waals surface area contributed by atoms with Gasteiger partial charge < -0.3 is 10.1 Å². The number of anilines is 1. The van der Waals surface area contributed by atoms with Crippen molar-refractivity contribution < 1.29 is 9.53 Å². The summed E-state index contributed by atoms with van der Waals surface area (Å²) in [7, 11) is 0. The molecule has 110 valence electrons. The van der Waals surface area contributed by atoms with Gasteiger partial charge in [0.25, 0.3) is 0 Å². The lowest BCUT2D eigenvalue weighted by atomic mass is 10.1. The summed E-state index contributed by atoms with van der Waals surface area (Å²) in [6.07, 6.45) is 5.72. The molecule has 3 nitrogen and oxygen atoms in total. The average molecular weight is 296 g/mol. The topological polar surface area (TPSA) is 38.3 Å². The summed E-state index contributed by atoms with van der Waals surface area (Å²) >= 11 is 5.70. The monoisotopic (exact) mass is 295 g/mol. The van der Waals surface area contributed by atoms with E-state index in [0.717, 1.165) is 44.4 Å². The fourth-order valence-corrected chi connectivity index (χ4v) is 2.60. The van der Waals surface area contributed by atoms with Crippen LogP contribution in [0.4, 0.5) is 5.69 Å². The van der Waals surface area contributed by atoms with Gasteiger partial charge in [0, 0.05) is 24.6 Å². The third-order valence-corrected chi connectivity index (χ3v) is 3.79. The average Bonchev–Trinajstić information content (AvgIpc) is 2.97. The molecule has 1 saturated heterocycles. The zero-order valence-corrected chi connectivity index (χ0v) is 12.5. The maximum absolute atomic E-state index is 11.9. The largest absolute Gasteiger partial charge is 0.378 e. The van der Waals surface area contributed by atoms with E-state index in [4.69, 9.17) is 16.3 Å². The van der Waals surface area contributed by atoms with Crippen LogP contribution in [0.15, 0.2) is 24.3 Å². The van der Waals surface area contributed by atoms with Crippen LogP contribution in [-0.4, -0.2) is 24.5 Å². The van der Waals surface area contributed by atoms with E-state index < -0.39 is 0 Å². The predicted molar refractivity (Wildman–Crippen MR) is 82.3 cm³/mol. The quantitative estimate of drug-likeness (QED) is 0.778. The summed E-state index contributed by atoms with van der Waals surface area (Å²) in [6.45, 7) is 0.842. The molecule has 1 amide bonds. The van der Waals surface area contributed by atoms with Crippen LogP contribution < -0.4 is 5.32 Å². The first-order valence-electron chi connectivity index (χ1n) is 7.34. The van der Waals surface area contributed by atoms with Gasteiger partial charge in [0.2, 0.25) is 5.91 Å². The number of carbonyl (C=O) groups excluding carboxylic acids is 1. The molecule has 0 bridgehead atoms. The Balaban J connectivity index is 1.77. The first-order valence-corrected chi connectivity index (χ1v) is 7.88. The molecule has 0 spiro atoms. The molecular formula is C16H22ClNO2. The third kappa shape index (κ3) is 5.14. The molecule has 0 radical (unpaired) electrons. The SMILES string of the molecule is O=C(CCC1CCCO1)Nc1cccc(CCCCl)c1. The maximum atomic E-state index is 11.9. The molecule has 1 N–H and O–H groups in total. The van der Waals surface area contributed by atoms with Gasteiger partial charge in [0.1, 0.15) is 0 Å². The predicted octanol–water partition coefficient (Wildman–Crippen LogP) is 3.76. The second-order valence-corrected chi connectivity index (χ2v) is 5.59. The molecule has 1 aromatic carbocycles. The smallest absolute Gasteiger partial charge is 0.224 e. The van der Waals surface area contributed by atoms with Crippen LogP contribution in [0.5, 0.6) is 0 Å². The van der Waals surface area contributed by atoms with Gasteiger partial charge in [-0.15, -0.1) is 11.6 Å². The minimum Gasteiger partial charge on any atom is -0.378 e. The number of carbonyl (C=O) groups is 1. The summed E-state index contributed by atoms with van der Waals surface area (Å²) in [5.74, 6) is 0.729. The number of ether oxygens (including phenoxy) is 1. The standard InChI is InChI=1S/C16H22ClNO2/c17-10-2-5-13-4-1-6-14(12-13)18-16(19)9-8-15-7-3-11-20-15/h1,4,6,12,15H,2-3,5,7-11H2,(H,18,19). The maximum Gasteiger partial charge on any atom is 0.224 e. The zero-order valence-electron chi connectivity index (χ0n) is 11.7. The summed E-state index contributed by atoms with van der Waals surface area (Å²) < 4.78 is 5.52. The van der Waals surface area contributed by atoms with Crippen molar-refractivity contribution in [3.8, 4) is 0 Å². The second-order valence-electron chi connectivity index (χ2n) is 5.21. The molecule has 1 aliphatic rings. The van der Waals surface area contributed by atoms with Gasteiger partial charge in [0.05, 0.1) is 6.10 Å². The zero-order chi connectivity index (χ0) is 14.2. The van der Waals surface area contributed by atoms with E-state index in [-0.39, 0.29) is 12.0 Å². The van der Waals surface area contributed by atoms with Crippen LogP contribution >= 0.6 is 11.6 Å². The molecule has 0 saturated carbocycles. The number of rotatable bonds is 7. The van der Waals surface area contributed by atoms with Gasteiger partial charge in [-0.25, -0.2) is 0 Å². The number of amides is 1. The van der Waals surface area contributed by atoms with Crippen molar-refractivity contribution in [2.24, 2.45) is 0 Å². The molecule has 2 rings (SSSR count). The molecule has 20 heavy (non-hydrogen) atoms. The molecule has 1 heterocycles. The summed E-state index contributed by atoms with van der Waals surface area (Å²) in [6, 6.07) is 7.98. The van der Waals surface area contributed by atoms with Crippen LogP contribution in [0.3, 0.4) is 0 Å². The minimum absolute atomic E-state index is 0.0648. The van der Waals surface area contributed by atoms with Crippen LogP contribution in [-0.2, 0) is 16.0 Å². The normalized spacial score (nSPS) is 18.1. The first-order chi connectivity index (χ1) is 9.78. The Labute approximate surface area is 125 Å². The molecule has 1 atom stereocenters. The Morgan fingerprint density at radius 2 is 2.35 bits per heavy atom. The van der Waals surface area contributed by atoms with E-state index in [9.17, 15) is 4.79 Å². The molecule has 0 aromatic heterocycles. The van der Waals surface area contributed by atoms with Crippen LogP contribution in [0, 0.1) is 0 Å². The van der Waals surface area contributed by atoms with Gasteiger partial charge in [-0.2, -0.15) is 0 Å². The van der Waals surface area contributed by atoms with Crippen LogP contribution in [0.2, 0.25) is 0 Å². The Kier molecular flexibility index (Phi) is 6.34. The van der Waals surface area contributed by atoms with Crippen LogP contribution in [0.25, 0.3) is 0 Å². The lowest BCUT2D eigenvalue weighted by Gasteiger charge is -2.10. The highest BCUT2D eigenvalue weighted by Gasteiger charge is 2.16. The first kappa shape index (κ1) is 15.3. The van der Waals surface area contributed by atoms with Crippen LogP contribution in [0.1, 0.15) is 37.7 Å². The van der Waals surface area contributed by atoms with E-state index >= 15 is 0 Å². The van der Waals surface area contributed by atoms with Gasteiger partial charge in [-0.1, -0.05) is 12.1 Å². The van der Waals surface area contributed by atoms with E-state index in [2.05, 4.69) is 11.4 Å². The van der Waals surface area contributed by atoms with Crippen molar-refractivity contribution in [2.45, 2.75) is 44.6 Å². The molecule has 4 heteroatoms. The summed E-state index contributed by atoms with van der Waals surface area (Å²) in [5, 5.41) is 2.96. The van der Waals surface area contributed by atoms with E-state index in [1.807, 2.05) is 18.2 Å². The van der Waals surface area contributed by atoms with Gasteiger partial charge >= 0.3 is 0 Å². The van der Waals surface area contributed by atoms with E-state index in [1.54, 1.807) is 0 Å². The Hall–Kier alpha value is -1.06. The summed E-state index contributed by atoms with van der Waals surface area (Å²) in [4.78, 5) is 11.9. The van der Waals surface area contributed by atoms with Crippen molar-refractivity contribution in [1.29, 1.82) is 0 Å². The Bertz CT molecular complexity index is 430. The number of benzene rings is 1. The number of hydrogen-bond acceptors (Lipinski definition) is 2. The summed E-state index contributed by atoms with van der Waals surface area (Å²) in [5.41, 5.74) is 2.08. The minimum atomic E-state index is 0.0648. The van der Waals surface area contributed by atoms with Crippen molar-refractivity contribution in [1.82, 2.24) is 0 Å². The fraction of sp³-hybridized carbons (Fsp3) is 0.562. The lowest BCUT2D eigenvalue weighted by molar-refractivity contribution is -0.116. The molecule has 1 aromatic rings. The highest BCUT2D eigenvalue weighted by molar-refractivity contribution is 6.17. The van der Waals surface area contributed by atoms with E-state index in [0.29, 0.717) is 12.3 Å². The fourth-order valence-electron chi connectivity index (χ4n) is 2.46. The lowest BCUT2D eigenvalue weighted by Crippen LogP contribution is -2.15.